The van der Waals surface area contributed by atoms with Crippen molar-refractivity contribution in [2.45, 2.75) is 45.1 Å². The lowest BCUT2D eigenvalue weighted by molar-refractivity contribution is -0.141. The van der Waals surface area contributed by atoms with Crippen molar-refractivity contribution < 1.29 is 9.90 Å². The Bertz CT molecular complexity index is 623. The lowest BCUT2D eigenvalue weighted by atomic mass is 10.1. The van der Waals surface area contributed by atoms with E-state index in [2.05, 4.69) is 28.8 Å². The lowest BCUT2D eigenvalue weighted by Crippen LogP contribution is -2.16. The van der Waals surface area contributed by atoms with Crippen LogP contribution in [0.15, 0.2) is 30.3 Å². The minimum absolute atomic E-state index is 0.334. The number of carboxylic acids is 1. The molecule has 1 aromatic heterocycles. The van der Waals surface area contributed by atoms with E-state index in [1.165, 1.54) is 42.3 Å². The van der Waals surface area contributed by atoms with E-state index in [9.17, 15) is 4.79 Å². The standard InChI is InChI=1S/C17H21NO2/c1-12(17(19)20)10-15-11-13-6-2-5-9-16(13)18(15)14-7-3-4-8-14/h2,5-6,9,11-12,14H,3-4,7-8,10H2,1H3,(H,19,20). The second-order valence-corrected chi connectivity index (χ2v) is 5.95. The Labute approximate surface area is 119 Å². The maximum absolute atomic E-state index is 11.1. The van der Waals surface area contributed by atoms with Gasteiger partial charge in [-0.3, -0.25) is 4.79 Å². The minimum atomic E-state index is -0.715. The van der Waals surface area contributed by atoms with Gasteiger partial charge in [-0.1, -0.05) is 38.0 Å². The van der Waals surface area contributed by atoms with Crippen LogP contribution in [0.1, 0.15) is 44.3 Å². The number of aromatic nitrogens is 1. The molecule has 1 aromatic carbocycles. The molecule has 0 aliphatic heterocycles. The Morgan fingerprint density at radius 2 is 2.05 bits per heavy atom. The number of nitrogens with zero attached hydrogens (tertiary/aromatic N) is 1. The highest BCUT2D eigenvalue weighted by Gasteiger charge is 2.23. The normalized spacial score (nSPS) is 17.6. The summed E-state index contributed by atoms with van der Waals surface area (Å²) in [4.78, 5) is 11.1. The average Bonchev–Trinajstić information content (AvgIpc) is 3.04. The first-order valence-electron chi connectivity index (χ1n) is 7.48. The molecule has 1 saturated carbocycles. The predicted molar refractivity (Wildman–Crippen MR) is 79.9 cm³/mol. The summed E-state index contributed by atoms with van der Waals surface area (Å²) in [5.41, 5.74) is 2.43. The molecule has 3 nitrogen and oxygen atoms in total. The number of rotatable bonds is 4. The number of hydrogen-bond acceptors (Lipinski definition) is 1. The van der Waals surface area contributed by atoms with E-state index < -0.39 is 5.97 Å². The van der Waals surface area contributed by atoms with Crippen LogP contribution in [0.4, 0.5) is 0 Å². The van der Waals surface area contributed by atoms with E-state index in [0.29, 0.717) is 12.5 Å². The summed E-state index contributed by atoms with van der Waals surface area (Å²) in [5, 5.41) is 10.4. The Morgan fingerprint density at radius 1 is 1.35 bits per heavy atom. The van der Waals surface area contributed by atoms with Gasteiger partial charge < -0.3 is 9.67 Å². The Morgan fingerprint density at radius 3 is 2.75 bits per heavy atom. The molecule has 0 radical (unpaired) electrons. The molecule has 1 unspecified atom stereocenters. The maximum Gasteiger partial charge on any atom is 0.306 e. The Kier molecular flexibility index (Phi) is 3.51. The first-order chi connectivity index (χ1) is 9.66. The van der Waals surface area contributed by atoms with Gasteiger partial charge in [0.2, 0.25) is 0 Å². The van der Waals surface area contributed by atoms with Crippen LogP contribution < -0.4 is 0 Å². The van der Waals surface area contributed by atoms with E-state index in [0.717, 1.165) is 0 Å². The van der Waals surface area contributed by atoms with Crippen molar-refractivity contribution in [1.82, 2.24) is 4.57 Å². The summed E-state index contributed by atoms with van der Waals surface area (Å²) >= 11 is 0. The zero-order valence-electron chi connectivity index (χ0n) is 11.9. The molecule has 3 heteroatoms. The summed E-state index contributed by atoms with van der Waals surface area (Å²) in [7, 11) is 0. The first kappa shape index (κ1) is 13.2. The summed E-state index contributed by atoms with van der Waals surface area (Å²) in [6, 6.07) is 11.1. The zero-order valence-corrected chi connectivity index (χ0v) is 11.9. The molecule has 0 amide bonds. The number of hydrogen-bond donors (Lipinski definition) is 1. The van der Waals surface area contributed by atoms with E-state index >= 15 is 0 Å². The highest BCUT2D eigenvalue weighted by Crippen LogP contribution is 2.35. The fraction of sp³-hybridized carbons (Fsp3) is 0.471. The van der Waals surface area contributed by atoms with Crippen molar-refractivity contribution in [2.24, 2.45) is 5.92 Å². The van der Waals surface area contributed by atoms with Crippen molar-refractivity contribution >= 4 is 16.9 Å². The summed E-state index contributed by atoms with van der Waals surface area (Å²) in [5.74, 6) is -1.05. The third-order valence-electron chi connectivity index (χ3n) is 4.45. The van der Waals surface area contributed by atoms with Gasteiger partial charge in [0.05, 0.1) is 5.92 Å². The van der Waals surface area contributed by atoms with Gasteiger partial charge in [-0.15, -0.1) is 0 Å². The highest BCUT2D eigenvalue weighted by atomic mass is 16.4. The van der Waals surface area contributed by atoms with E-state index in [-0.39, 0.29) is 5.92 Å². The predicted octanol–water partition coefficient (Wildman–Crippen LogP) is 4.02. The quantitative estimate of drug-likeness (QED) is 0.912. The molecule has 2 aromatic rings. The molecule has 3 rings (SSSR count). The molecule has 0 bridgehead atoms. The molecule has 1 N–H and O–H groups in total. The topological polar surface area (TPSA) is 42.2 Å². The molecule has 1 heterocycles. The number of carbonyl (C=O) groups is 1. The van der Waals surface area contributed by atoms with Crippen molar-refractivity contribution in [2.75, 3.05) is 0 Å². The van der Waals surface area contributed by atoms with Gasteiger partial charge in [0, 0.05) is 23.7 Å². The van der Waals surface area contributed by atoms with Crippen LogP contribution in [0, 0.1) is 5.92 Å². The van der Waals surface area contributed by atoms with Gasteiger partial charge in [-0.05, 0) is 30.4 Å². The molecule has 106 valence electrons. The van der Waals surface area contributed by atoms with Gasteiger partial charge in [-0.2, -0.15) is 0 Å². The second kappa shape index (κ2) is 5.31. The third-order valence-corrected chi connectivity index (χ3v) is 4.45. The minimum Gasteiger partial charge on any atom is -0.481 e. The van der Waals surface area contributed by atoms with Crippen LogP contribution >= 0.6 is 0 Å². The number of fused-ring (bicyclic) bond motifs is 1. The fourth-order valence-corrected chi connectivity index (χ4v) is 3.38. The maximum atomic E-state index is 11.1. The van der Waals surface area contributed by atoms with Gasteiger partial charge >= 0.3 is 5.97 Å². The smallest absolute Gasteiger partial charge is 0.306 e. The molecule has 1 fully saturated rings. The number of carboxylic acid groups (broad SMARTS) is 1. The van der Waals surface area contributed by atoms with Gasteiger partial charge in [0.15, 0.2) is 0 Å². The fourth-order valence-electron chi connectivity index (χ4n) is 3.38. The van der Waals surface area contributed by atoms with Crippen LogP contribution in [0.2, 0.25) is 0 Å². The summed E-state index contributed by atoms with van der Waals surface area (Å²) < 4.78 is 2.40. The summed E-state index contributed by atoms with van der Waals surface area (Å²) in [6.45, 7) is 1.79. The molecule has 1 aliphatic carbocycles. The van der Waals surface area contributed by atoms with Crippen molar-refractivity contribution in [3.05, 3.63) is 36.0 Å². The van der Waals surface area contributed by atoms with Gasteiger partial charge in [-0.25, -0.2) is 0 Å². The average molecular weight is 271 g/mol. The molecule has 0 saturated heterocycles. The van der Waals surface area contributed by atoms with Crippen LogP contribution in [-0.4, -0.2) is 15.6 Å². The van der Waals surface area contributed by atoms with Crippen LogP contribution in [0.5, 0.6) is 0 Å². The number of para-hydroxylation sites is 1. The third kappa shape index (κ3) is 2.33. The monoisotopic (exact) mass is 271 g/mol. The SMILES string of the molecule is CC(Cc1cc2ccccc2n1C1CCCC1)C(=O)O. The number of benzene rings is 1. The molecule has 0 spiro atoms. The Hall–Kier alpha value is -1.77. The zero-order chi connectivity index (χ0) is 14.1. The van der Waals surface area contributed by atoms with E-state index in [1.807, 2.05) is 6.07 Å². The van der Waals surface area contributed by atoms with Crippen molar-refractivity contribution in [1.29, 1.82) is 0 Å². The van der Waals surface area contributed by atoms with Crippen molar-refractivity contribution in [3.63, 3.8) is 0 Å². The van der Waals surface area contributed by atoms with Crippen LogP contribution in [-0.2, 0) is 11.2 Å². The molecular weight excluding hydrogens is 250 g/mol. The first-order valence-corrected chi connectivity index (χ1v) is 7.48. The van der Waals surface area contributed by atoms with E-state index in [1.54, 1.807) is 6.92 Å². The van der Waals surface area contributed by atoms with Crippen molar-refractivity contribution in [3.8, 4) is 0 Å². The molecule has 1 atom stereocenters. The lowest BCUT2D eigenvalue weighted by Gasteiger charge is -2.19. The van der Waals surface area contributed by atoms with Crippen LogP contribution in [0.3, 0.4) is 0 Å². The van der Waals surface area contributed by atoms with Gasteiger partial charge in [0.1, 0.15) is 0 Å². The molecular formula is C17H21NO2. The van der Waals surface area contributed by atoms with Crippen LogP contribution in [0.25, 0.3) is 10.9 Å². The molecule has 1 aliphatic rings. The second-order valence-electron chi connectivity index (χ2n) is 5.95. The van der Waals surface area contributed by atoms with Gasteiger partial charge in [0.25, 0.3) is 0 Å². The summed E-state index contributed by atoms with van der Waals surface area (Å²) in [6.07, 6.45) is 5.61. The van der Waals surface area contributed by atoms with E-state index in [4.69, 9.17) is 5.11 Å². The molecule has 20 heavy (non-hydrogen) atoms. The Balaban J connectivity index is 2.05. The number of aliphatic carboxylic acids is 1. The largest absolute Gasteiger partial charge is 0.481 e. The highest BCUT2D eigenvalue weighted by molar-refractivity contribution is 5.82.